The molecule has 0 amide bonds. The minimum absolute atomic E-state index is 0.00995. The van der Waals surface area contributed by atoms with Crippen molar-refractivity contribution in [2.45, 2.75) is 55.2 Å². The highest BCUT2D eigenvalue weighted by atomic mass is 16.4. The topological polar surface area (TPSA) is 101 Å². The van der Waals surface area contributed by atoms with Crippen molar-refractivity contribution < 1.29 is 25.5 Å². The van der Waals surface area contributed by atoms with Crippen LogP contribution in [0.1, 0.15) is 25.7 Å². The SMILES string of the molecule is C=CC1CC2(O)CC(O)C(O)CC2(O)CC1O. The first kappa shape index (κ1) is 13.0. The van der Waals surface area contributed by atoms with Crippen LogP contribution in [0.3, 0.4) is 0 Å². The zero-order chi connectivity index (χ0) is 12.8. The lowest BCUT2D eigenvalue weighted by molar-refractivity contribution is -0.256. The Labute approximate surface area is 100 Å². The number of hydrogen-bond donors (Lipinski definition) is 5. The Balaban J connectivity index is 2.28. The summed E-state index contributed by atoms with van der Waals surface area (Å²) in [5, 5.41) is 49.9. The third-order valence-corrected chi connectivity index (χ3v) is 4.32. The van der Waals surface area contributed by atoms with Crippen molar-refractivity contribution in [1.82, 2.24) is 0 Å². The summed E-state index contributed by atoms with van der Waals surface area (Å²) in [4.78, 5) is 0. The van der Waals surface area contributed by atoms with Crippen molar-refractivity contribution in [3.8, 4) is 0 Å². The second-order valence-corrected chi connectivity index (χ2v) is 5.48. The second kappa shape index (κ2) is 4.03. The number of hydrogen-bond acceptors (Lipinski definition) is 5. The van der Waals surface area contributed by atoms with E-state index in [4.69, 9.17) is 0 Å². The number of fused-ring (bicyclic) bond motifs is 1. The van der Waals surface area contributed by atoms with E-state index in [9.17, 15) is 25.5 Å². The standard InChI is InChI=1S/C12H20O5/c1-2-7-3-11(16)5-9(14)10(15)6-12(11,17)4-8(7)13/h2,7-10,13-17H,1,3-6H2. The van der Waals surface area contributed by atoms with Crippen molar-refractivity contribution in [3.05, 3.63) is 12.7 Å². The molecule has 0 aliphatic heterocycles. The van der Waals surface area contributed by atoms with Crippen molar-refractivity contribution in [3.63, 3.8) is 0 Å². The molecule has 2 fully saturated rings. The van der Waals surface area contributed by atoms with Gasteiger partial charge in [-0.25, -0.2) is 0 Å². The predicted octanol–water partition coefficient (Wildman–Crippen LogP) is -1.08. The summed E-state index contributed by atoms with van der Waals surface area (Å²) in [6.07, 6.45) is -1.39. The molecule has 0 aromatic heterocycles. The fraction of sp³-hybridized carbons (Fsp3) is 0.833. The quantitative estimate of drug-likeness (QED) is 0.378. The first-order valence-corrected chi connectivity index (χ1v) is 5.93. The summed E-state index contributed by atoms with van der Waals surface area (Å²) < 4.78 is 0. The van der Waals surface area contributed by atoms with Crippen LogP contribution in [0.4, 0.5) is 0 Å². The molecule has 98 valence electrons. The maximum atomic E-state index is 10.5. The molecule has 0 bridgehead atoms. The molecule has 6 unspecified atom stereocenters. The molecule has 0 radical (unpaired) electrons. The lowest BCUT2D eigenvalue weighted by Crippen LogP contribution is -2.67. The van der Waals surface area contributed by atoms with Crippen LogP contribution in [0.25, 0.3) is 0 Å². The maximum Gasteiger partial charge on any atom is 0.0984 e. The van der Waals surface area contributed by atoms with Crippen molar-refractivity contribution in [1.29, 1.82) is 0 Å². The van der Waals surface area contributed by atoms with Gasteiger partial charge in [0.15, 0.2) is 0 Å². The third-order valence-electron chi connectivity index (χ3n) is 4.32. The fourth-order valence-electron chi connectivity index (χ4n) is 3.15. The molecule has 17 heavy (non-hydrogen) atoms. The van der Waals surface area contributed by atoms with E-state index in [1.165, 1.54) is 0 Å². The molecule has 2 aliphatic rings. The van der Waals surface area contributed by atoms with E-state index in [1.807, 2.05) is 0 Å². The van der Waals surface area contributed by atoms with Crippen molar-refractivity contribution in [2.24, 2.45) is 5.92 Å². The Morgan fingerprint density at radius 3 is 1.71 bits per heavy atom. The zero-order valence-electron chi connectivity index (χ0n) is 9.66. The average molecular weight is 244 g/mol. The van der Waals surface area contributed by atoms with Crippen LogP contribution in [0.5, 0.6) is 0 Å². The lowest BCUT2D eigenvalue weighted by atomic mass is 9.59. The molecule has 0 saturated heterocycles. The molecule has 0 aromatic carbocycles. The summed E-state index contributed by atoms with van der Waals surface area (Å²) in [6.45, 7) is 3.60. The molecule has 2 aliphatic carbocycles. The number of aliphatic hydroxyl groups is 5. The Morgan fingerprint density at radius 2 is 1.24 bits per heavy atom. The van der Waals surface area contributed by atoms with Gasteiger partial charge in [0.2, 0.25) is 0 Å². The van der Waals surface area contributed by atoms with Crippen LogP contribution in [0.2, 0.25) is 0 Å². The molecule has 5 nitrogen and oxygen atoms in total. The van der Waals surface area contributed by atoms with Gasteiger partial charge >= 0.3 is 0 Å². The predicted molar refractivity (Wildman–Crippen MR) is 60.1 cm³/mol. The Kier molecular flexibility index (Phi) is 3.08. The summed E-state index contributed by atoms with van der Waals surface area (Å²) in [5.74, 6) is -0.303. The van der Waals surface area contributed by atoms with E-state index in [2.05, 4.69) is 6.58 Å². The van der Waals surface area contributed by atoms with Crippen LogP contribution < -0.4 is 0 Å². The number of rotatable bonds is 1. The van der Waals surface area contributed by atoms with E-state index in [-0.39, 0.29) is 31.6 Å². The van der Waals surface area contributed by atoms with Crippen molar-refractivity contribution >= 4 is 0 Å². The highest BCUT2D eigenvalue weighted by molar-refractivity contribution is 5.14. The largest absolute Gasteiger partial charge is 0.392 e. The molecule has 0 spiro atoms. The highest BCUT2D eigenvalue weighted by Crippen LogP contribution is 2.49. The summed E-state index contributed by atoms with van der Waals surface area (Å²) in [5.41, 5.74) is -3.01. The molecular formula is C12H20O5. The first-order valence-electron chi connectivity index (χ1n) is 5.93. The Hall–Kier alpha value is -0.460. The zero-order valence-corrected chi connectivity index (χ0v) is 9.66. The van der Waals surface area contributed by atoms with Gasteiger partial charge in [-0.15, -0.1) is 6.58 Å². The average Bonchev–Trinajstić information content (AvgIpc) is 2.22. The van der Waals surface area contributed by atoms with Crippen LogP contribution in [0, 0.1) is 5.92 Å². The van der Waals surface area contributed by atoms with Gasteiger partial charge in [0.05, 0.1) is 29.5 Å². The number of aliphatic hydroxyl groups excluding tert-OH is 3. The van der Waals surface area contributed by atoms with E-state index in [1.54, 1.807) is 6.08 Å². The molecule has 0 heterocycles. The highest BCUT2D eigenvalue weighted by Gasteiger charge is 2.60. The van der Waals surface area contributed by atoms with Crippen molar-refractivity contribution in [2.75, 3.05) is 0 Å². The molecule has 2 rings (SSSR count). The van der Waals surface area contributed by atoms with Gasteiger partial charge in [-0.3, -0.25) is 0 Å². The van der Waals surface area contributed by atoms with E-state index in [0.29, 0.717) is 0 Å². The molecule has 0 aromatic rings. The maximum absolute atomic E-state index is 10.5. The van der Waals surface area contributed by atoms with Crippen LogP contribution in [0.15, 0.2) is 12.7 Å². The van der Waals surface area contributed by atoms with Gasteiger partial charge in [-0.2, -0.15) is 0 Å². The minimum atomic E-state index is -1.54. The minimum Gasteiger partial charge on any atom is -0.392 e. The summed E-state index contributed by atoms with van der Waals surface area (Å²) >= 11 is 0. The van der Waals surface area contributed by atoms with Crippen LogP contribution in [-0.2, 0) is 0 Å². The van der Waals surface area contributed by atoms with Gasteiger partial charge < -0.3 is 25.5 Å². The van der Waals surface area contributed by atoms with E-state index >= 15 is 0 Å². The lowest BCUT2D eigenvalue weighted by Gasteiger charge is -2.55. The normalized spacial score (nSPS) is 55.1. The molecular weight excluding hydrogens is 224 g/mol. The van der Waals surface area contributed by atoms with Crippen LogP contribution in [-0.4, -0.2) is 55.0 Å². The Bertz CT molecular complexity index is 320. The van der Waals surface area contributed by atoms with Gasteiger partial charge in [0.1, 0.15) is 0 Å². The van der Waals surface area contributed by atoms with E-state index in [0.717, 1.165) is 0 Å². The summed E-state index contributed by atoms with van der Waals surface area (Å²) in [7, 11) is 0. The van der Waals surface area contributed by atoms with Gasteiger partial charge in [0, 0.05) is 25.2 Å². The van der Waals surface area contributed by atoms with Crippen LogP contribution >= 0.6 is 0 Å². The fourth-order valence-corrected chi connectivity index (χ4v) is 3.15. The van der Waals surface area contributed by atoms with Gasteiger partial charge in [-0.05, 0) is 6.42 Å². The van der Waals surface area contributed by atoms with Gasteiger partial charge in [-0.1, -0.05) is 6.08 Å². The van der Waals surface area contributed by atoms with E-state index < -0.39 is 29.5 Å². The first-order chi connectivity index (χ1) is 7.81. The molecule has 5 heteroatoms. The monoisotopic (exact) mass is 244 g/mol. The molecule has 2 saturated carbocycles. The smallest absolute Gasteiger partial charge is 0.0984 e. The summed E-state index contributed by atoms with van der Waals surface area (Å²) in [6, 6.07) is 0. The van der Waals surface area contributed by atoms with Gasteiger partial charge in [0.25, 0.3) is 0 Å². The Morgan fingerprint density at radius 1 is 0.824 bits per heavy atom. The molecule has 5 N–H and O–H groups in total. The molecule has 6 atom stereocenters. The second-order valence-electron chi connectivity index (χ2n) is 5.48. The third kappa shape index (κ3) is 1.92.